The zero-order valence-corrected chi connectivity index (χ0v) is 18.2. The molecule has 1 N–H and O–H groups in total. The van der Waals surface area contributed by atoms with Crippen molar-refractivity contribution in [3.63, 3.8) is 0 Å². The topological polar surface area (TPSA) is 127 Å². The minimum atomic E-state index is -1.42. The van der Waals surface area contributed by atoms with Gasteiger partial charge in [0.05, 0.1) is 23.1 Å². The number of phenols is 1. The first-order valence-electron chi connectivity index (χ1n) is 10.8. The van der Waals surface area contributed by atoms with E-state index in [0.717, 1.165) is 0 Å². The van der Waals surface area contributed by atoms with E-state index in [-0.39, 0.29) is 17.7 Å². The van der Waals surface area contributed by atoms with Crippen LogP contribution in [0.2, 0.25) is 0 Å². The van der Waals surface area contributed by atoms with Gasteiger partial charge in [-0.25, -0.2) is 0 Å². The fraction of sp³-hybridized carbons (Fsp3) is 0.500. The largest absolute Gasteiger partial charge is 0.507 e. The summed E-state index contributed by atoms with van der Waals surface area (Å²) in [4.78, 5) is 69.1. The van der Waals surface area contributed by atoms with E-state index < -0.39 is 58.5 Å². The molecule has 32 heavy (non-hydrogen) atoms. The van der Waals surface area contributed by atoms with Crippen LogP contribution in [0.4, 0.5) is 0 Å². The number of phenolic OH excluding ortho intramolecular Hbond substituents is 1. The van der Waals surface area contributed by atoms with Crippen LogP contribution in [0, 0.1) is 29.6 Å². The van der Waals surface area contributed by atoms with Crippen molar-refractivity contribution < 1.29 is 33.9 Å². The van der Waals surface area contributed by atoms with Gasteiger partial charge in [0.15, 0.2) is 23.1 Å². The summed E-state index contributed by atoms with van der Waals surface area (Å²) in [6, 6.07) is 3.06. The number of benzene rings is 1. The highest BCUT2D eigenvalue weighted by Gasteiger charge is 2.57. The number of carbonyl (C=O) groups is 5. The van der Waals surface area contributed by atoms with E-state index in [1.54, 1.807) is 19.9 Å². The van der Waals surface area contributed by atoms with Gasteiger partial charge < -0.3 is 9.94 Å². The quantitative estimate of drug-likeness (QED) is 0.432. The summed E-state index contributed by atoms with van der Waals surface area (Å²) in [6.45, 7) is 5.08. The van der Waals surface area contributed by atoms with Crippen molar-refractivity contribution >= 4 is 34.6 Å². The summed E-state index contributed by atoms with van der Waals surface area (Å²) < 4.78 is 0. The Hall–Kier alpha value is -3.16. The summed E-state index contributed by atoms with van der Waals surface area (Å²) in [5.74, 6) is -7.49. The van der Waals surface area contributed by atoms with Crippen LogP contribution in [0.3, 0.4) is 0 Å². The molecule has 168 valence electrons. The average molecular weight is 439 g/mol. The number of nitrogens with zero attached hydrogens (tertiary/aromatic N) is 1. The van der Waals surface area contributed by atoms with Crippen molar-refractivity contribution in [1.29, 1.82) is 0 Å². The van der Waals surface area contributed by atoms with Crippen molar-refractivity contribution in [2.75, 3.05) is 6.61 Å². The SMILES string of the molecule is CCON=C(C)c1ccc(O)c2c1CC1CC3CC(=O)C(C(C)=O)C(=O)C3C(=O)C1C2=O. The first-order chi connectivity index (χ1) is 15.2. The predicted octanol–water partition coefficient (Wildman–Crippen LogP) is 2.08. The first kappa shape index (κ1) is 22.0. The number of hydrogen-bond acceptors (Lipinski definition) is 8. The third-order valence-electron chi connectivity index (χ3n) is 6.95. The Morgan fingerprint density at radius 2 is 1.75 bits per heavy atom. The van der Waals surface area contributed by atoms with Crippen molar-refractivity contribution in [2.24, 2.45) is 34.7 Å². The zero-order valence-electron chi connectivity index (χ0n) is 18.2. The smallest absolute Gasteiger partial charge is 0.177 e. The van der Waals surface area contributed by atoms with Crippen LogP contribution in [0.25, 0.3) is 0 Å². The van der Waals surface area contributed by atoms with Gasteiger partial charge in [0, 0.05) is 12.0 Å². The van der Waals surface area contributed by atoms with Gasteiger partial charge >= 0.3 is 0 Å². The van der Waals surface area contributed by atoms with Crippen molar-refractivity contribution in [3.05, 3.63) is 28.8 Å². The molecule has 5 atom stereocenters. The lowest BCUT2D eigenvalue weighted by molar-refractivity contribution is -0.152. The molecule has 0 aromatic heterocycles. The molecule has 1 aromatic rings. The Kier molecular flexibility index (Phi) is 5.56. The molecule has 0 bridgehead atoms. The summed E-state index contributed by atoms with van der Waals surface area (Å²) in [5, 5.41) is 14.5. The Balaban J connectivity index is 1.76. The lowest BCUT2D eigenvalue weighted by Gasteiger charge is -2.44. The molecular weight excluding hydrogens is 414 g/mol. The predicted molar refractivity (Wildman–Crippen MR) is 112 cm³/mol. The maximum Gasteiger partial charge on any atom is 0.177 e. The fourth-order valence-corrected chi connectivity index (χ4v) is 5.67. The summed E-state index contributed by atoms with van der Waals surface area (Å²) in [6.07, 6.45) is 0.668. The number of ketones is 5. The molecular formula is C24H25NO7. The molecule has 0 spiro atoms. The van der Waals surface area contributed by atoms with E-state index in [4.69, 9.17) is 4.84 Å². The van der Waals surface area contributed by atoms with Crippen LogP contribution in [0.1, 0.15) is 55.1 Å². The molecule has 3 aliphatic rings. The third kappa shape index (κ3) is 3.29. The number of carbonyl (C=O) groups excluding carboxylic acids is 5. The number of aromatic hydroxyl groups is 1. The van der Waals surface area contributed by atoms with Gasteiger partial charge in [-0.3, -0.25) is 24.0 Å². The van der Waals surface area contributed by atoms with E-state index in [0.29, 0.717) is 36.3 Å². The summed E-state index contributed by atoms with van der Waals surface area (Å²) in [7, 11) is 0. The normalized spacial score (nSPS) is 29.8. The molecule has 1 aromatic carbocycles. The van der Waals surface area contributed by atoms with Crippen molar-refractivity contribution in [2.45, 2.75) is 40.0 Å². The van der Waals surface area contributed by atoms with E-state index in [1.807, 2.05) is 0 Å². The highest BCUT2D eigenvalue weighted by molar-refractivity contribution is 6.28. The second-order valence-electron chi connectivity index (χ2n) is 8.88. The van der Waals surface area contributed by atoms with E-state index in [1.165, 1.54) is 13.0 Å². The third-order valence-corrected chi connectivity index (χ3v) is 6.95. The van der Waals surface area contributed by atoms with E-state index in [2.05, 4.69) is 5.16 Å². The highest BCUT2D eigenvalue weighted by Crippen LogP contribution is 2.48. The fourth-order valence-electron chi connectivity index (χ4n) is 5.67. The van der Waals surface area contributed by atoms with Crippen LogP contribution >= 0.6 is 0 Å². The van der Waals surface area contributed by atoms with Gasteiger partial charge in [0.2, 0.25) is 0 Å². The Morgan fingerprint density at radius 1 is 1.06 bits per heavy atom. The van der Waals surface area contributed by atoms with Crippen molar-refractivity contribution in [3.8, 4) is 5.75 Å². The van der Waals surface area contributed by atoms with Gasteiger partial charge in [-0.05, 0) is 63.1 Å². The zero-order chi connectivity index (χ0) is 23.3. The minimum Gasteiger partial charge on any atom is -0.507 e. The van der Waals surface area contributed by atoms with Crippen LogP contribution in [-0.2, 0) is 30.4 Å². The second-order valence-corrected chi connectivity index (χ2v) is 8.88. The molecule has 0 heterocycles. The monoisotopic (exact) mass is 439 g/mol. The summed E-state index contributed by atoms with van der Waals surface area (Å²) in [5.41, 5.74) is 1.87. The molecule has 2 saturated carbocycles. The lowest BCUT2D eigenvalue weighted by atomic mass is 9.55. The molecule has 3 aliphatic carbocycles. The standard InChI is InChI=1S/C24H25NO7/c1-4-32-25-10(2)14-5-6-16(27)21-15(14)8-12-7-13-9-17(28)18(11(3)26)22(29)20(13)23(30)19(12)24(21)31/h5-6,12-13,18-20,27H,4,7-9H2,1-3H3. The molecule has 8 heteroatoms. The van der Waals surface area contributed by atoms with E-state index in [9.17, 15) is 29.1 Å². The Morgan fingerprint density at radius 3 is 2.41 bits per heavy atom. The van der Waals surface area contributed by atoms with Crippen LogP contribution in [-0.4, -0.2) is 46.3 Å². The second kappa shape index (κ2) is 8.07. The average Bonchev–Trinajstić information content (AvgIpc) is 2.71. The van der Waals surface area contributed by atoms with Gasteiger partial charge in [-0.1, -0.05) is 5.16 Å². The van der Waals surface area contributed by atoms with Gasteiger partial charge in [0.1, 0.15) is 24.1 Å². The first-order valence-corrected chi connectivity index (χ1v) is 10.8. The number of hydrogen-bond donors (Lipinski definition) is 1. The Bertz CT molecular complexity index is 1090. The lowest BCUT2D eigenvalue weighted by Crippen LogP contribution is -2.55. The Labute approximate surface area is 185 Å². The number of Topliss-reactive ketones (excluding diaryl/α,β-unsaturated/α-hetero) is 5. The summed E-state index contributed by atoms with van der Waals surface area (Å²) >= 11 is 0. The molecule has 8 nitrogen and oxygen atoms in total. The van der Waals surface area contributed by atoms with Crippen LogP contribution in [0.15, 0.2) is 17.3 Å². The maximum atomic E-state index is 13.4. The van der Waals surface area contributed by atoms with Gasteiger partial charge in [-0.15, -0.1) is 0 Å². The van der Waals surface area contributed by atoms with Crippen LogP contribution < -0.4 is 0 Å². The number of fused-ring (bicyclic) bond motifs is 3. The minimum absolute atomic E-state index is 0.0195. The molecule has 4 rings (SSSR count). The molecule has 0 saturated heterocycles. The van der Waals surface area contributed by atoms with Gasteiger partial charge in [-0.2, -0.15) is 0 Å². The maximum absolute atomic E-state index is 13.4. The molecule has 0 aliphatic heterocycles. The van der Waals surface area contributed by atoms with E-state index >= 15 is 0 Å². The highest BCUT2D eigenvalue weighted by atomic mass is 16.6. The molecule has 0 radical (unpaired) electrons. The number of rotatable bonds is 4. The number of oxime groups is 1. The molecule has 2 fully saturated rings. The molecule has 5 unspecified atom stereocenters. The van der Waals surface area contributed by atoms with Crippen molar-refractivity contribution in [1.82, 2.24) is 0 Å². The van der Waals surface area contributed by atoms with Gasteiger partial charge in [0.25, 0.3) is 0 Å². The molecule has 0 amide bonds. The van der Waals surface area contributed by atoms with Crippen LogP contribution in [0.5, 0.6) is 5.75 Å².